The first-order valence-corrected chi connectivity index (χ1v) is 4.85. The number of halogens is 1. The van der Waals surface area contributed by atoms with Gasteiger partial charge in [-0.1, -0.05) is 23.4 Å². The zero-order valence-electron chi connectivity index (χ0n) is 8.34. The molecule has 0 bridgehead atoms. The lowest BCUT2D eigenvalue weighted by Crippen LogP contribution is -2.05. The van der Waals surface area contributed by atoms with Crippen LogP contribution in [-0.2, 0) is 0 Å². The number of pyridine rings is 1. The van der Waals surface area contributed by atoms with Crippen LogP contribution in [0, 0.1) is 23.2 Å². The maximum absolute atomic E-state index is 8.67. The molecule has 0 aromatic carbocycles. The first kappa shape index (κ1) is 11.5. The van der Waals surface area contributed by atoms with Gasteiger partial charge in [-0.25, -0.2) is 4.98 Å². The van der Waals surface area contributed by atoms with Gasteiger partial charge < -0.3 is 5.32 Å². The number of aromatic nitrogens is 1. The van der Waals surface area contributed by atoms with Gasteiger partial charge in [0, 0.05) is 19.2 Å². The second kappa shape index (κ2) is 6.03. The van der Waals surface area contributed by atoms with Crippen molar-refractivity contribution in [3.8, 4) is 17.9 Å². The third-order valence-electron chi connectivity index (χ3n) is 1.69. The zero-order valence-corrected chi connectivity index (χ0v) is 9.10. The Hall–Kier alpha value is -1.55. The Morgan fingerprint density at radius 2 is 2.40 bits per heavy atom. The molecule has 76 valence electrons. The van der Waals surface area contributed by atoms with Crippen LogP contribution in [0.15, 0.2) is 12.3 Å². The van der Waals surface area contributed by atoms with Gasteiger partial charge >= 0.3 is 0 Å². The minimum atomic E-state index is 0.339. The van der Waals surface area contributed by atoms with Gasteiger partial charge in [0.25, 0.3) is 0 Å². The largest absolute Gasteiger partial charge is 0.319 e. The van der Waals surface area contributed by atoms with Crippen molar-refractivity contribution in [2.24, 2.45) is 0 Å². The molecule has 0 spiro atoms. The Bertz CT molecular complexity index is 437. The molecule has 4 heteroatoms. The zero-order chi connectivity index (χ0) is 11.1. The third-order valence-corrected chi connectivity index (χ3v) is 1.99. The van der Waals surface area contributed by atoms with Crippen molar-refractivity contribution in [3.05, 3.63) is 28.5 Å². The molecule has 0 aliphatic rings. The Balaban J connectivity index is 2.83. The summed E-state index contributed by atoms with van der Waals surface area (Å²) in [7, 11) is 1.87. The summed E-state index contributed by atoms with van der Waals surface area (Å²) in [5, 5.41) is 12.0. The SMILES string of the molecule is CNCCC#Cc1cc(C#N)cnc1Cl. The van der Waals surface area contributed by atoms with Crippen molar-refractivity contribution in [3.63, 3.8) is 0 Å². The average Bonchev–Trinajstić information content (AvgIpc) is 2.26. The van der Waals surface area contributed by atoms with Crippen molar-refractivity contribution < 1.29 is 0 Å². The summed E-state index contributed by atoms with van der Waals surface area (Å²) in [5.74, 6) is 5.84. The van der Waals surface area contributed by atoms with Crippen LogP contribution < -0.4 is 5.32 Å². The van der Waals surface area contributed by atoms with Crippen molar-refractivity contribution in [1.29, 1.82) is 5.26 Å². The van der Waals surface area contributed by atoms with E-state index in [2.05, 4.69) is 22.1 Å². The highest BCUT2D eigenvalue weighted by molar-refractivity contribution is 6.30. The Morgan fingerprint density at radius 1 is 1.60 bits per heavy atom. The molecule has 0 aliphatic heterocycles. The second-order valence-electron chi connectivity index (χ2n) is 2.83. The molecule has 0 fully saturated rings. The van der Waals surface area contributed by atoms with Gasteiger partial charge in [-0.2, -0.15) is 5.26 Å². The molecule has 0 unspecified atom stereocenters. The predicted molar refractivity (Wildman–Crippen MR) is 59.4 cm³/mol. The molecule has 1 rings (SSSR count). The molecule has 0 atom stereocenters. The van der Waals surface area contributed by atoms with E-state index < -0.39 is 0 Å². The van der Waals surface area contributed by atoms with Gasteiger partial charge in [-0.3, -0.25) is 0 Å². The lowest BCUT2D eigenvalue weighted by molar-refractivity contribution is 0.818. The van der Waals surface area contributed by atoms with Crippen LogP contribution in [0.25, 0.3) is 0 Å². The van der Waals surface area contributed by atoms with E-state index in [0.717, 1.165) is 13.0 Å². The molecule has 0 radical (unpaired) electrons. The van der Waals surface area contributed by atoms with Gasteiger partial charge in [-0.15, -0.1) is 0 Å². The van der Waals surface area contributed by atoms with Gasteiger partial charge in [0.05, 0.1) is 11.1 Å². The van der Waals surface area contributed by atoms with E-state index in [9.17, 15) is 0 Å². The molecule has 0 aliphatic carbocycles. The van der Waals surface area contributed by atoms with Crippen LogP contribution in [0.1, 0.15) is 17.5 Å². The van der Waals surface area contributed by atoms with Crippen LogP contribution in [0.2, 0.25) is 5.15 Å². The fourth-order valence-electron chi connectivity index (χ4n) is 0.942. The molecule has 0 saturated carbocycles. The quantitative estimate of drug-likeness (QED) is 0.467. The molecule has 0 amide bonds. The maximum atomic E-state index is 8.67. The standard InChI is InChI=1S/C11H10ClN3/c1-14-5-3-2-4-10-6-9(7-13)8-15-11(10)12/h6,8,14H,3,5H2,1H3. The number of nitriles is 1. The summed E-state index contributed by atoms with van der Waals surface area (Å²) in [5.41, 5.74) is 1.07. The summed E-state index contributed by atoms with van der Waals surface area (Å²) >= 11 is 5.83. The van der Waals surface area contributed by atoms with Crippen LogP contribution in [-0.4, -0.2) is 18.6 Å². The number of nitrogens with zero attached hydrogens (tertiary/aromatic N) is 2. The van der Waals surface area contributed by atoms with E-state index >= 15 is 0 Å². The van der Waals surface area contributed by atoms with Crippen LogP contribution in [0.5, 0.6) is 0 Å². The molecular weight excluding hydrogens is 210 g/mol. The topological polar surface area (TPSA) is 48.7 Å². The first-order chi connectivity index (χ1) is 7.27. The molecule has 3 nitrogen and oxygen atoms in total. The normalized spacial score (nSPS) is 8.87. The second-order valence-corrected chi connectivity index (χ2v) is 3.19. The van der Waals surface area contributed by atoms with E-state index in [1.54, 1.807) is 6.07 Å². The number of nitrogens with one attached hydrogen (secondary N) is 1. The average molecular weight is 220 g/mol. The lowest BCUT2D eigenvalue weighted by atomic mass is 10.2. The highest BCUT2D eigenvalue weighted by Crippen LogP contribution is 2.12. The summed E-state index contributed by atoms with van der Waals surface area (Å²) < 4.78 is 0. The highest BCUT2D eigenvalue weighted by atomic mass is 35.5. The summed E-state index contributed by atoms with van der Waals surface area (Å²) in [4.78, 5) is 3.87. The molecule has 1 heterocycles. The van der Waals surface area contributed by atoms with Gasteiger partial charge in [0.15, 0.2) is 0 Å². The molecule has 1 aromatic rings. The number of rotatable bonds is 2. The third kappa shape index (κ3) is 3.59. The Labute approximate surface area is 94.1 Å². The van der Waals surface area contributed by atoms with Crippen molar-refractivity contribution >= 4 is 11.6 Å². The van der Waals surface area contributed by atoms with E-state index in [0.29, 0.717) is 16.3 Å². The van der Waals surface area contributed by atoms with Crippen LogP contribution in [0.3, 0.4) is 0 Å². The van der Waals surface area contributed by atoms with Crippen LogP contribution >= 0.6 is 11.6 Å². The number of hydrogen-bond acceptors (Lipinski definition) is 3. The van der Waals surface area contributed by atoms with Gasteiger partial charge in [0.1, 0.15) is 11.2 Å². The maximum Gasteiger partial charge on any atom is 0.144 e. The monoisotopic (exact) mass is 219 g/mol. The van der Waals surface area contributed by atoms with Crippen molar-refractivity contribution in [2.45, 2.75) is 6.42 Å². The van der Waals surface area contributed by atoms with Gasteiger partial charge in [-0.05, 0) is 13.1 Å². The summed E-state index contributed by atoms with van der Waals surface area (Å²) in [6.45, 7) is 0.829. The smallest absolute Gasteiger partial charge is 0.144 e. The fourth-order valence-corrected chi connectivity index (χ4v) is 1.09. The predicted octanol–water partition coefficient (Wildman–Crippen LogP) is 1.57. The first-order valence-electron chi connectivity index (χ1n) is 4.47. The minimum Gasteiger partial charge on any atom is -0.319 e. The molecular formula is C11H10ClN3. The molecule has 0 saturated heterocycles. The van der Waals surface area contributed by atoms with Crippen molar-refractivity contribution in [2.75, 3.05) is 13.6 Å². The number of hydrogen-bond donors (Lipinski definition) is 1. The lowest BCUT2D eigenvalue weighted by Gasteiger charge is -1.94. The van der Waals surface area contributed by atoms with Crippen molar-refractivity contribution in [1.82, 2.24) is 10.3 Å². The van der Waals surface area contributed by atoms with E-state index in [1.165, 1.54) is 6.20 Å². The van der Waals surface area contributed by atoms with E-state index in [-0.39, 0.29) is 0 Å². The molecule has 1 aromatic heterocycles. The summed E-state index contributed by atoms with van der Waals surface area (Å²) in [6, 6.07) is 3.64. The Morgan fingerprint density at radius 3 is 3.07 bits per heavy atom. The van der Waals surface area contributed by atoms with E-state index in [4.69, 9.17) is 16.9 Å². The fraction of sp³-hybridized carbons (Fsp3) is 0.273. The molecule has 1 N–H and O–H groups in total. The Kier molecular flexibility index (Phi) is 4.63. The highest BCUT2D eigenvalue weighted by Gasteiger charge is 1.99. The summed E-state index contributed by atoms with van der Waals surface area (Å²) in [6.07, 6.45) is 2.17. The molecule has 15 heavy (non-hydrogen) atoms. The van der Waals surface area contributed by atoms with E-state index in [1.807, 2.05) is 13.1 Å². The van der Waals surface area contributed by atoms with Crippen LogP contribution in [0.4, 0.5) is 0 Å². The van der Waals surface area contributed by atoms with Gasteiger partial charge in [0.2, 0.25) is 0 Å². The minimum absolute atomic E-state index is 0.339.